The van der Waals surface area contributed by atoms with Crippen LogP contribution in [-0.2, 0) is 14.3 Å². The maximum absolute atomic E-state index is 12.0. The van der Waals surface area contributed by atoms with Crippen molar-refractivity contribution in [3.63, 3.8) is 0 Å². The van der Waals surface area contributed by atoms with Gasteiger partial charge in [-0.3, -0.25) is 9.59 Å². The quantitative estimate of drug-likeness (QED) is 0.0532. The third kappa shape index (κ3) is 39.1. The maximum atomic E-state index is 12.0. The standard InChI is InChI=1S/C42H83NO3/c1-3-5-7-9-11-13-15-17-19-20-21-22-24-26-28-30-32-34-36-38-42(45)46-40-39-43-41(44)37-35-33-31-29-27-25-23-18-16-14-12-10-8-6-4-2/h3-40H2,1-2H3,(H,43,44). The van der Waals surface area contributed by atoms with Crippen LogP contribution >= 0.6 is 0 Å². The zero-order chi connectivity index (χ0) is 33.4. The number of unbranched alkanes of at least 4 members (excludes halogenated alkanes) is 32. The second-order valence-electron chi connectivity index (χ2n) is 14.4. The lowest BCUT2D eigenvalue weighted by Gasteiger charge is -2.07. The Morgan fingerprint density at radius 2 is 0.630 bits per heavy atom. The summed E-state index contributed by atoms with van der Waals surface area (Å²) < 4.78 is 5.31. The summed E-state index contributed by atoms with van der Waals surface area (Å²) >= 11 is 0. The van der Waals surface area contributed by atoms with Crippen molar-refractivity contribution < 1.29 is 14.3 Å². The number of rotatable bonds is 39. The summed E-state index contributed by atoms with van der Waals surface area (Å²) in [6, 6.07) is 0. The summed E-state index contributed by atoms with van der Waals surface area (Å²) in [4.78, 5) is 24.0. The summed E-state index contributed by atoms with van der Waals surface area (Å²) in [7, 11) is 0. The second kappa shape index (κ2) is 40.1. The topological polar surface area (TPSA) is 55.4 Å². The van der Waals surface area contributed by atoms with Crippen LogP contribution in [0.15, 0.2) is 0 Å². The number of ether oxygens (including phenoxy) is 1. The van der Waals surface area contributed by atoms with E-state index in [-0.39, 0.29) is 11.9 Å². The van der Waals surface area contributed by atoms with Gasteiger partial charge in [0, 0.05) is 12.8 Å². The van der Waals surface area contributed by atoms with Crippen LogP contribution in [-0.4, -0.2) is 25.0 Å². The summed E-state index contributed by atoms with van der Waals surface area (Å²) in [6.45, 7) is 5.30. The van der Waals surface area contributed by atoms with Gasteiger partial charge >= 0.3 is 5.97 Å². The second-order valence-corrected chi connectivity index (χ2v) is 14.4. The van der Waals surface area contributed by atoms with E-state index < -0.39 is 0 Å². The van der Waals surface area contributed by atoms with Crippen LogP contribution in [0.25, 0.3) is 0 Å². The van der Waals surface area contributed by atoms with Gasteiger partial charge in [0.05, 0.1) is 6.54 Å². The Labute approximate surface area is 289 Å². The number of nitrogens with one attached hydrogen (secondary N) is 1. The molecule has 0 aliphatic heterocycles. The van der Waals surface area contributed by atoms with Gasteiger partial charge in [0.1, 0.15) is 6.61 Å². The minimum absolute atomic E-state index is 0.0875. The molecule has 0 unspecified atom stereocenters. The van der Waals surface area contributed by atoms with Crippen LogP contribution in [0.2, 0.25) is 0 Å². The molecule has 46 heavy (non-hydrogen) atoms. The summed E-state index contributed by atoms with van der Waals surface area (Å²) in [6.07, 6.45) is 46.9. The molecule has 0 bridgehead atoms. The molecule has 0 aliphatic rings. The van der Waals surface area contributed by atoms with Crippen molar-refractivity contribution in [3.8, 4) is 0 Å². The average Bonchev–Trinajstić information content (AvgIpc) is 3.06. The number of carbonyl (C=O) groups excluding carboxylic acids is 2. The first kappa shape index (κ1) is 44.9. The molecule has 1 N–H and O–H groups in total. The van der Waals surface area contributed by atoms with Gasteiger partial charge < -0.3 is 10.1 Å². The van der Waals surface area contributed by atoms with Crippen LogP contribution in [0.4, 0.5) is 0 Å². The van der Waals surface area contributed by atoms with Gasteiger partial charge in [-0.25, -0.2) is 0 Å². The lowest BCUT2D eigenvalue weighted by Crippen LogP contribution is -2.27. The Morgan fingerprint density at radius 3 is 0.935 bits per heavy atom. The highest BCUT2D eigenvalue weighted by Crippen LogP contribution is 2.16. The summed E-state index contributed by atoms with van der Waals surface area (Å²) in [5.74, 6) is -0.0341. The first-order valence-electron chi connectivity index (χ1n) is 21.1. The first-order chi connectivity index (χ1) is 22.7. The molecule has 0 saturated heterocycles. The van der Waals surface area contributed by atoms with E-state index >= 15 is 0 Å². The molecule has 0 atom stereocenters. The molecule has 0 fully saturated rings. The highest BCUT2D eigenvalue weighted by molar-refractivity contribution is 5.75. The molecule has 0 heterocycles. The van der Waals surface area contributed by atoms with Crippen molar-refractivity contribution in [2.24, 2.45) is 0 Å². The average molecular weight is 650 g/mol. The fourth-order valence-corrected chi connectivity index (χ4v) is 6.52. The minimum atomic E-state index is -0.122. The van der Waals surface area contributed by atoms with E-state index in [1.807, 2.05) is 0 Å². The molecule has 0 rings (SSSR count). The van der Waals surface area contributed by atoms with Crippen LogP contribution in [0, 0.1) is 0 Å². The largest absolute Gasteiger partial charge is 0.464 e. The molecule has 4 heteroatoms. The Bertz CT molecular complexity index is 608. The molecule has 1 amide bonds. The number of esters is 1. The Balaban J connectivity index is 3.25. The van der Waals surface area contributed by atoms with Crippen LogP contribution in [0.3, 0.4) is 0 Å². The fourth-order valence-electron chi connectivity index (χ4n) is 6.52. The van der Waals surface area contributed by atoms with E-state index in [9.17, 15) is 9.59 Å². The van der Waals surface area contributed by atoms with Crippen LogP contribution < -0.4 is 5.32 Å². The van der Waals surface area contributed by atoms with Crippen molar-refractivity contribution in [2.75, 3.05) is 13.2 Å². The van der Waals surface area contributed by atoms with E-state index in [0.29, 0.717) is 26.0 Å². The number of hydrogen-bond donors (Lipinski definition) is 1. The van der Waals surface area contributed by atoms with Gasteiger partial charge in [-0.1, -0.05) is 219 Å². The third-order valence-electron chi connectivity index (χ3n) is 9.68. The van der Waals surface area contributed by atoms with Crippen molar-refractivity contribution >= 4 is 11.9 Å². The van der Waals surface area contributed by atoms with Gasteiger partial charge in [-0.2, -0.15) is 0 Å². The molecule has 0 aromatic heterocycles. The van der Waals surface area contributed by atoms with E-state index in [4.69, 9.17) is 4.74 Å². The number of carbonyl (C=O) groups is 2. The molecule has 0 aliphatic carbocycles. The third-order valence-corrected chi connectivity index (χ3v) is 9.68. The van der Waals surface area contributed by atoms with E-state index in [0.717, 1.165) is 25.7 Å². The molecular weight excluding hydrogens is 566 g/mol. The molecular formula is C42H83NO3. The Hall–Kier alpha value is -1.06. The van der Waals surface area contributed by atoms with Crippen molar-refractivity contribution in [1.82, 2.24) is 5.32 Å². The smallest absolute Gasteiger partial charge is 0.305 e. The van der Waals surface area contributed by atoms with Gasteiger partial charge in [-0.15, -0.1) is 0 Å². The molecule has 0 aromatic carbocycles. The van der Waals surface area contributed by atoms with Crippen LogP contribution in [0.5, 0.6) is 0 Å². The predicted octanol–water partition coefficient (Wildman–Crippen LogP) is 13.7. The zero-order valence-corrected chi connectivity index (χ0v) is 31.6. The predicted molar refractivity (Wildman–Crippen MR) is 202 cm³/mol. The molecule has 274 valence electrons. The lowest BCUT2D eigenvalue weighted by atomic mass is 10.0. The van der Waals surface area contributed by atoms with Crippen molar-refractivity contribution in [3.05, 3.63) is 0 Å². The van der Waals surface area contributed by atoms with E-state index in [1.54, 1.807) is 0 Å². The molecule has 0 saturated carbocycles. The minimum Gasteiger partial charge on any atom is -0.464 e. The van der Waals surface area contributed by atoms with Gasteiger partial charge in [0.25, 0.3) is 0 Å². The number of hydrogen-bond acceptors (Lipinski definition) is 3. The summed E-state index contributed by atoms with van der Waals surface area (Å²) in [5.41, 5.74) is 0. The summed E-state index contributed by atoms with van der Waals surface area (Å²) in [5, 5.41) is 2.90. The van der Waals surface area contributed by atoms with E-state index in [2.05, 4.69) is 19.2 Å². The van der Waals surface area contributed by atoms with Gasteiger partial charge in [-0.05, 0) is 12.8 Å². The number of amides is 1. The highest BCUT2D eigenvalue weighted by Gasteiger charge is 2.05. The zero-order valence-electron chi connectivity index (χ0n) is 31.6. The fraction of sp³-hybridized carbons (Fsp3) is 0.952. The van der Waals surface area contributed by atoms with Crippen LogP contribution in [0.1, 0.15) is 245 Å². The molecule has 0 aromatic rings. The SMILES string of the molecule is CCCCCCCCCCCCCCCCCCCCCC(=O)OCCNC(=O)CCCCCCCCCCCCCCCCC. The molecule has 4 nitrogen and oxygen atoms in total. The highest BCUT2D eigenvalue weighted by atomic mass is 16.5. The van der Waals surface area contributed by atoms with Gasteiger partial charge in [0.15, 0.2) is 0 Å². The maximum Gasteiger partial charge on any atom is 0.305 e. The normalized spacial score (nSPS) is 11.3. The van der Waals surface area contributed by atoms with E-state index in [1.165, 1.54) is 193 Å². The van der Waals surface area contributed by atoms with Crippen molar-refractivity contribution in [2.45, 2.75) is 245 Å². The molecule has 0 radical (unpaired) electrons. The van der Waals surface area contributed by atoms with Crippen molar-refractivity contribution in [1.29, 1.82) is 0 Å². The first-order valence-corrected chi connectivity index (χ1v) is 21.1. The lowest BCUT2D eigenvalue weighted by molar-refractivity contribution is -0.144. The monoisotopic (exact) mass is 650 g/mol. The van der Waals surface area contributed by atoms with Gasteiger partial charge in [0.2, 0.25) is 5.91 Å². The Morgan fingerprint density at radius 1 is 0.370 bits per heavy atom. The molecule has 0 spiro atoms. The Kier molecular flexibility index (Phi) is 39.2.